The first-order valence-electron chi connectivity index (χ1n) is 7.84. The SMILES string of the molecule is CC(C)CN1CC(CCN2CCC(C#N)(C#N)CC2)C1. The highest BCUT2D eigenvalue weighted by Crippen LogP contribution is 2.30. The van der Waals surface area contributed by atoms with Gasteiger partial charge in [0.15, 0.2) is 0 Å². The van der Waals surface area contributed by atoms with Gasteiger partial charge in [0.25, 0.3) is 0 Å². The van der Waals surface area contributed by atoms with Gasteiger partial charge in [0, 0.05) is 32.7 Å². The van der Waals surface area contributed by atoms with Crippen molar-refractivity contribution in [1.82, 2.24) is 9.80 Å². The molecule has 2 rings (SSSR count). The second kappa shape index (κ2) is 6.57. The summed E-state index contributed by atoms with van der Waals surface area (Å²) in [4.78, 5) is 4.97. The monoisotopic (exact) mass is 274 g/mol. The van der Waals surface area contributed by atoms with E-state index in [-0.39, 0.29) is 0 Å². The van der Waals surface area contributed by atoms with Crippen LogP contribution in [0, 0.1) is 39.9 Å². The summed E-state index contributed by atoms with van der Waals surface area (Å²) in [5, 5.41) is 18.2. The molecular weight excluding hydrogens is 248 g/mol. The number of piperidine rings is 1. The highest BCUT2D eigenvalue weighted by atomic mass is 15.2. The molecule has 0 unspecified atom stereocenters. The smallest absolute Gasteiger partial charge is 0.146 e. The predicted octanol–water partition coefficient (Wildman–Crippen LogP) is 2.09. The zero-order valence-corrected chi connectivity index (χ0v) is 12.8. The maximum absolute atomic E-state index is 9.10. The average Bonchev–Trinajstić information content (AvgIpc) is 2.41. The van der Waals surface area contributed by atoms with Gasteiger partial charge in [-0.3, -0.25) is 0 Å². The lowest BCUT2D eigenvalue weighted by atomic mass is 9.81. The molecule has 20 heavy (non-hydrogen) atoms. The van der Waals surface area contributed by atoms with Crippen molar-refractivity contribution in [3.05, 3.63) is 0 Å². The van der Waals surface area contributed by atoms with Gasteiger partial charge in [0.1, 0.15) is 5.41 Å². The zero-order valence-electron chi connectivity index (χ0n) is 12.8. The first kappa shape index (κ1) is 15.3. The molecule has 0 N–H and O–H groups in total. The number of nitrogens with zero attached hydrogens (tertiary/aromatic N) is 4. The van der Waals surface area contributed by atoms with Crippen molar-refractivity contribution < 1.29 is 0 Å². The van der Waals surface area contributed by atoms with Gasteiger partial charge in [-0.15, -0.1) is 0 Å². The molecule has 0 radical (unpaired) electrons. The molecule has 0 saturated carbocycles. The molecule has 4 heteroatoms. The molecule has 2 fully saturated rings. The van der Waals surface area contributed by atoms with Crippen molar-refractivity contribution in [1.29, 1.82) is 10.5 Å². The average molecular weight is 274 g/mol. The van der Waals surface area contributed by atoms with Crippen LogP contribution in [-0.4, -0.2) is 49.1 Å². The number of nitriles is 2. The summed E-state index contributed by atoms with van der Waals surface area (Å²) in [6, 6.07) is 4.41. The van der Waals surface area contributed by atoms with Crippen LogP contribution >= 0.6 is 0 Å². The second-order valence-corrected chi connectivity index (χ2v) is 6.91. The summed E-state index contributed by atoms with van der Waals surface area (Å²) < 4.78 is 0. The second-order valence-electron chi connectivity index (χ2n) is 6.91. The van der Waals surface area contributed by atoms with Gasteiger partial charge in [-0.2, -0.15) is 10.5 Å². The Balaban J connectivity index is 1.61. The van der Waals surface area contributed by atoms with Crippen LogP contribution in [0.4, 0.5) is 0 Å². The Bertz CT molecular complexity index is 374. The Morgan fingerprint density at radius 3 is 2.20 bits per heavy atom. The molecular formula is C16H26N4. The lowest BCUT2D eigenvalue weighted by Gasteiger charge is -2.42. The van der Waals surface area contributed by atoms with E-state index in [0.717, 1.165) is 31.5 Å². The van der Waals surface area contributed by atoms with Crippen LogP contribution in [0.25, 0.3) is 0 Å². The van der Waals surface area contributed by atoms with Gasteiger partial charge in [0.05, 0.1) is 12.1 Å². The summed E-state index contributed by atoms with van der Waals surface area (Å²) in [6.45, 7) is 11.2. The molecule has 0 atom stereocenters. The molecule has 0 aromatic rings. The van der Waals surface area contributed by atoms with Gasteiger partial charge >= 0.3 is 0 Å². The fourth-order valence-electron chi connectivity index (χ4n) is 3.30. The molecule has 0 aliphatic carbocycles. The normalized spacial score (nSPS) is 24.1. The third-order valence-electron chi connectivity index (χ3n) is 4.65. The Morgan fingerprint density at radius 2 is 1.70 bits per heavy atom. The van der Waals surface area contributed by atoms with Crippen molar-refractivity contribution >= 4 is 0 Å². The van der Waals surface area contributed by atoms with Crippen molar-refractivity contribution in [3.8, 4) is 12.1 Å². The molecule has 0 aromatic carbocycles. The van der Waals surface area contributed by atoms with Gasteiger partial charge in [-0.05, 0) is 37.6 Å². The third-order valence-corrected chi connectivity index (χ3v) is 4.65. The number of rotatable bonds is 5. The van der Waals surface area contributed by atoms with Gasteiger partial charge in [0.2, 0.25) is 0 Å². The molecule has 0 bridgehead atoms. The summed E-state index contributed by atoms with van der Waals surface area (Å²) >= 11 is 0. The van der Waals surface area contributed by atoms with Crippen LogP contribution in [0.1, 0.15) is 33.1 Å². The van der Waals surface area contributed by atoms with E-state index in [2.05, 4.69) is 35.8 Å². The van der Waals surface area contributed by atoms with Crippen LogP contribution in [0.2, 0.25) is 0 Å². The van der Waals surface area contributed by atoms with Crippen molar-refractivity contribution in [2.75, 3.05) is 39.3 Å². The highest BCUT2D eigenvalue weighted by molar-refractivity contribution is 5.15. The first-order chi connectivity index (χ1) is 9.57. The van der Waals surface area contributed by atoms with E-state index in [4.69, 9.17) is 10.5 Å². The van der Waals surface area contributed by atoms with E-state index >= 15 is 0 Å². The van der Waals surface area contributed by atoms with E-state index in [1.807, 2.05) is 0 Å². The van der Waals surface area contributed by atoms with E-state index in [0.29, 0.717) is 12.8 Å². The lowest BCUT2D eigenvalue weighted by Crippen LogP contribution is -2.49. The number of hydrogen-bond acceptors (Lipinski definition) is 4. The molecule has 110 valence electrons. The van der Waals surface area contributed by atoms with Gasteiger partial charge in [-0.1, -0.05) is 13.8 Å². The number of likely N-dealkylation sites (tertiary alicyclic amines) is 2. The topological polar surface area (TPSA) is 54.1 Å². The first-order valence-corrected chi connectivity index (χ1v) is 7.84. The third kappa shape index (κ3) is 3.72. The van der Waals surface area contributed by atoms with E-state index in [1.54, 1.807) is 0 Å². The Morgan fingerprint density at radius 1 is 1.10 bits per heavy atom. The van der Waals surface area contributed by atoms with E-state index in [1.165, 1.54) is 26.1 Å². The fourth-order valence-corrected chi connectivity index (χ4v) is 3.30. The Kier molecular flexibility index (Phi) is 5.02. The molecule has 2 heterocycles. The quantitative estimate of drug-likeness (QED) is 0.770. The van der Waals surface area contributed by atoms with Crippen LogP contribution in [0.3, 0.4) is 0 Å². The fraction of sp³-hybridized carbons (Fsp3) is 0.875. The Hall–Kier alpha value is -1.10. The summed E-state index contributed by atoms with van der Waals surface area (Å²) in [5.74, 6) is 1.62. The zero-order chi connectivity index (χ0) is 14.6. The van der Waals surface area contributed by atoms with Gasteiger partial charge in [-0.25, -0.2) is 0 Å². The van der Waals surface area contributed by atoms with Crippen LogP contribution in [0.15, 0.2) is 0 Å². The maximum atomic E-state index is 9.10. The van der Waals surface area contributed by atoms with E-state index < -0.39 is 5.41 Å². The largest absolute Gasteiger partial charge is 0.303 e. The van der Waals surface area contributed by atoms with Gasteiger partial charge < -0.3 is 9.80 Å². The van der Waals surface area contributed by atoms with Crippen molar-refractivity contribution in [3.63, 3.8) is 0 Å². The maximum Gasteiger partial charge on any atom is 0.146 e. The Labute approximate surface area is 123 Å². The number of hydrogen-bond donors (Lipinski definition) is 0. The summed E-state index contributed by atoms with van der Waals surface area (Å²) in [7, 11) is 0. The van der Waals surface area contributed by atoms with Crippen LogP contribution in [-0.2, 0) is 0 Å². The molecule has 0 amide bonds. The predicted molar refractivity (Wildman–Crippen MR) is 78.7 cm³/mol. The molecule has 2 aliphatic heterocycles. The standard InChI is InChI=1S/C16H26N4/c1-14(2)9-20-10-15(11-20)3-6-19-7-4-16(12-17,13-18)5-8-19/h14-15H,3-11H2,1-2H3. The van der Waals surface area contributed by atoms with Crippen molar-refractivity contribution in [2.45, 2.75) is 33.1 Å². The minimum atomic E-state index is -0.707. The van der Waals surface area contributed by atoms with E-state index in [9.17, 15) is 0 Å². The molecule has 2 aliphatic rings. The summed E-state index contributed by atoms with van der Waals surface area (Å²) in [6.07, 6.45) is 2.69. The van der Waals surface area contributed by atoms with Crippen LogP contribution in [0.5, 0.6) is 0 Å². The molecule has 4 nitrogen and oxygen atoms in total. The molecule has 0 aromatic heterocycles. The lowest BCUT2D eigenvalue weighted by molar-refractivity contribution is 0.0676. The molecule has 2 saturated heterocycles. The molecule has 0 spiro atoms. The highest BCUT2D eigenvalue weighted by Gasteiger charge is 2.35. The van der Waals surface area contributed by atoms with Crippen LogP contribution < -0.4 is 0 Å². The summed E-state index contributed by atoms with van der Waals surface area (Å²) in [5.41, 5.74) is -0.707. The van der Waals surface area contributed by atoms with Crippen molar-refractivity contribution in [2.24, 2.45) is 17.3 Å². The minimum absolute atomic E-state index is 0.707. The minimum Gasteiger partial charge on any atom is -0.303 e.